The number of sulfonamides is 1. The zero-order chi connectivity index (χ0) is 17.3. The van der Waals surface area contributed by atoms with Crippen LogP contribution in [0.5, 0.6) is 0 Å². The Balaban J connectivity index is 1.73. The molecule has 0 atom stereocenters. The van der Waals surface area contributed by atoms with Crippen LogP contribution >= 0.6 is 11.6 Å². The molecule has 0 amide bonds. The number of hydrogen-bond donors (Lipinski definition) is 0. The van der Waals surface area contributed by atoms with Crippen LogP contribution in [-0.2, 0) is 10.0 Å². The summed E-state index contributed by atoms with van der Waals surface area (Å²) in [7, 11) is -3.59. The number of anilines is 1. The lowest BCUT2D eigenvalue weighted by Crippen LogP contribution is -2.48. The molecule has 2 aromatic carbocycles. The molecule has 7 heteroatoms. The molecule has 0 aromatic heterocycles. The SMILES string of the molecule is Cc1cc(S(=O)(=O)N2CCN(c3ccc(Cl)cc3)CC2)ccc1F. The van der Waals surface area contributed by atoms with Gasteiger partial charge < -0.3 is 4.90 Å². The standard InChI is InChI=1S/C17H18ClFN2O2S/c1-13-12-16(6-7-17(13)19)24(22,23)21-10-8-20(9-11-21)15-4-2-14(18)3-5-15/h2-7,12H,8-11H2,1H3. The molecule has 0 bridgehead atoms. The molecule has 128 valence electrons. The third-order valence-electron chi connectivity index (χ3n) is 4.20. The first-order valence-electron chi connectivity index (χ1n) is 7.65. The number of nitrogens with zero attached hydrogens (tertiary/aromatic N) is 2. The van der Waals surface area contributed by atoms with Crippen molar-refractivity contribution < 1.29 is 12.8 Å². The lowest BCUT2D eigenvalue weighted by atomic mass is 10.2. The summed E-state index contributed by atoms with van der Waals surface area (Å²) in [5.41, 5.74) is 1.35. The first-order valence-corrected chi connectivity index (χ1v) is 9.46. The Morgan fingerprint density at radius 3 is 2.21 bits per heavy atom. The van der Waals surface area contributed by atoms with E-state index in [1.54, 1.807) is 6.92 Å². The molecule has 0 aliphatic carbocycles. The maximum atomic E-state index is 13.4. The summed E-state index contributed by atoms with van der Waals surface area (Å²) in [6.07, 6.45) is 0. The van der Waals surface area contributed by atoms with Crippen molar-refractivity contribution in [1.29, 1.82) is 0 Å². The van der Waals surface area contributed by atoms with Gasteiger partial charge >= 0.3 is 0 Å². The molecule has 1 aliphatic heterocycles. The van der Waals surface area contributed by atoms with E-state index in [0.29, 0.717) is 36.8 Å². The second-order valence-corrected chi connectivity index (χ2v) is 8.15. The van der Waals surface area contributed by atoms with Gasteiger partial charge in [-0.15, -0.1) is 0 Å². The Kier molecular flexibility index (Phi) is 4.80. The van der Waals surface area contributed by atoms with Crippen molar-refractivity contribution in [3.05, 3.63) is 58.9 Å². The van der Waals surface area contributed by atoms with Gasteiger partial charge in [0.15, 0.2) is 0 Å². The molecule has 4 nitrogen and oxygen atoms in total. The van der Waals surface area contributed by atoms with Crippen molar-refractivity contribution in [1.82, 2.24) is 4.31 Å². The Hall–Kier alpha value is -1.63. The van der Waals surface area contributed by atoms with Gasteiger partial charge in [0.25, 0.3) is 0 Å². The smallest absolute Gasteiger partial charge is 0.243 e. The minimum absolute atomic E-state index is 0.140. The summed E-state index contributed by atoms with van der Waals surface area (Å²) in [6, 6.07) is 11.4. The van der Waals surface area contributed by atoms with E-state index < -0.39 is 15.8 Å². The number of hydrogen-bond acceptors (Lipinski definition) is 3. The summed E-state index contributed by atoms with van der Waals surface area (Å²) in [5, 5.41) is 0.673. The van der Waals surface area contributed by atoms with E-state index in [1.165, 1.54) is 22.5 Å². The Bertz CT molecular complexity index is 832. The summed E-state index contributed by atoms with van der Waals surface area (Å²) < 4.78 is 40.2. The number of halogens is 2. The number of rotatable bonds is 3. The van der Waals surface area contributed by atoms with E-state index >= 15 is 0 Å². The maximum Gasteiger partial charge on any atom is 0.243 e. The third kappa shape index (κ3) is 3.41. The molecule has 3 rings (SSSR count). The monoisotopic (exact) mass is 368 g/mol. The fourth-order valence-corrected chi connectivity index (χ4v) is 4.40. The lowest BCUT2D eigenvalue weighted by Gasteiger charge is -2.35. The molecule has 0 unspecified atom stereocenters. The summed E-state index contributed by atoms with van der Waals surface area (Å²) in [6.45, 7) is 3.54. The van der Waals surface area contributed by atoms with E-state index in [0.717, 1.165) is 5.69 Å². The van der Waals surface area contributed by atoms with E-state index in [-0.39, 0.29) is 4.90 Å². The van der Waals surface area contributed by atoms with Gasteiger partial charge in [0.05, 0.1) is 4.90 Å². The van der Waals surface area contributed by atoms with E-state index in [1.807, 2.05) is 24.3 Å². The molecule has 24 heavy (non-hydrogen) atoms. The number of piperazine rings is 1. The summed E-state index contributed by atoms with van der Waals surface area (Å²) in [5.74, 6) is -0.401. The molecule has 0 radical (unpaired) electrons. The van der Waals surface area contributed by atoms with Crippen LogP contribution in [-0.4, -0.2) is 38.9 Å². The minimum atomic E-state index is -3.59. The molecule has 1 aliphatic rings. The first-order chi connectivity index (χ1) is 11.4. The van der Waals surface area contributed by atoms with Crippen LogP contribution < -0.4 is 4.90 Å². The molecule has 1 fully saturated rings. The van der Waals surface area contributed by atoms with Gasteiger partial charge in [0.2, 0.25) is 10.0 Å². The zero-order valence-corrected chi connectivity index (χ0v) is 14.8. The average Bonchev–Trinajstić information content (AvgIpc) is 2.58. The Morgan fingerprint density at radius 1 is 1.00 bits per heavy atom. The van der Waals surface area contributed by atoms with E-state index in [9.17, 15) is 12.8 Å². The summed E-state index contributed by atoms with van der Waals surface area (Å²) in [4.78, 5) is 2.26. The van der Waals surface area contributed by atoms with Crippen molar-refractivity contribution >= 4 is 27.3 Å². The number of aryl methyl sites for hydroxylation is 1. The van der Waals surface area contributed by atoms with Gasteiger partial charge in [-0.1, -0.05) is 11.6 Å². The quantitative estimate of drug-likeness (QED) is 0.834. The highest BCUT2D eigenvalue weighted by Crippen LogP contribution is 2.23. The molecule has 1 heterocycles. The van der Waals surface area contributed by atoms with Gasteiger partial charge in [0.1, 0.15) is 5.82 Å². The lowest BCUT2D eigenvalue weighted by molar-refractivity contribution is 0.385. The van der Waals surface area contributed by atoms with E-state index in [2.05, 4.69) is 4.90 Å². The van der Waals surface area contributed by atoms with Gasteiger partial charge in [0, 0.05) is 36.9 Å². The van der Waals surface area contributed by atoms with Crippen molar-refractivity contribution in [2.24, 2.45) is 0 Å². The van der Waals surface area contributed by atoms with Crippen LogP contribution in [0.1, 0.15) is 5.56 Å². The van der Waals surface area contributed by atoms with Crippen molar-refractivity contribution in [3.63, 3.8) is 0 Å². The van der Waals surface area contributed by atoms with Crippen molar-refractivity contribution in [2.75, 3.05) is 31.1 Å². The van der Waals surface area contributed by atoms with Crippen molar-refractivity contribution in [2.45, 2.75) is 11.8 Å². The zero-order valence-electron chi connectivity index (χ0n) is 13.2. The molecule has 0 saturated carbocycles. The van der Waals surface area contributed by atoms with Gasteiger partial charge in [-0.3, -0.25) is 0 Å². The highest BCUT2D eigenvalue weighted by atomic mass is 35.5. The van der Waals surface area contributed by atoms with Crippen molar-refractivity contribution in [3.8, 4) is 0 Å². The highest BCUT2D eigenvalue weighted by molar-refractivity contribution is 7.89. The van der Waals surface area contributed by atoms with Gasteiger partial charge in [-0.25, -0.2) is 12.8 Å². The van der Waals surface area contributed by atoms with Crippen LogP contribution in [0.15, 0.2) is 47.4 Å². The Morgan fingerprint density at radius 2 is 1.62 bits per heavy atom. The topological polar surface area (TPSA) is 40.6 Å². The Labute approximate surface area is 146 Å². The minimum Gasteiger partial charge on any atom is -0.369 e. The molecule has 0 spiro atoms. The van der Waals surface area contributed by atoms with Crippen LogP contribution in [0.4, 0.5) is 10.1 Å². The normalized spacial score (nSPS) is 16.4. The molecular formula is C17H18ClFN2O2S. The van der Waals surface area contributed by atoms with Gasteiger partial charge in [-0.2, -0.15) is 4.31 Å². The highest BCUT2D eigenvalue weighted by Gasteiger charge is 2.28. The molecule has 1 saturated heterocycles. The molecule has 0 N–H and O–H groups in total. The third-order valence-corrected chi connectivity index (χ3v) is 6.34. The largest absolute Gasteiger partial charge is 0.369 e. The average molecular weight is 369 g/mol. The predicted molar refractivity (Wildman–Crippen MR) is 93.6 cm³/mol. The number of benzene rings is 2. The second-order valence-electron chi connectivity index (χ2n) is 5.78. The van der Waals surface area contributed by atoms with E-state index in [4.69, 9.17) is 11.6 Å². The molecular weight excluding hydrogens is 351 g/mol. The fraction of sp³-hybridized carbons (Fsp3) is 0.294. The molecule has 2 aromatic rings. The predicted octanol–water partition coefficient (Wildman–Crippen LogP) is 3.30. The van der Waals surface area contributed by atoms with Crippen LogP contribution in [0.25, 0.3) is 0 Å². The summed E-state index contributed by atoms with van der Waals surface area (Å²) >= 11 is 5.89. The van der Waals surface area contributed by atoms with Crippen LogP contribution in [0, 0.1) is 12.7 Å². The van der Waals surface area contributed by atoms with Crippen LogP contribution in [0.3, 0.4) is 0 Å². The second kappa shape index (κ2) is 6.70. The van der Waals surface area contributed by atoms with Gasteiger partial charge in [-0.05, 0) is 55.0 Å². The maximum absolute atomic E-state index is 13.4. The first kappa shape index (κ1) is 17.2. The van der Waals surface area contributed by atoms with Crippen LogP contribution in [0.2, 0.25) is 5.02 Å². The fourth-order valence-electron chi connectivity index (χ4n) is 2.77.